The van der Waals surface area contributed by atoms with Crippen LogP contribution in [0.15, 0.2) is 12.1 Å². The van der Waals surface area contributed by atoms with Gasteiger partial charge >= 0.3 is 0 Å². The Morgan fingerprint density at radius 1 is 1.53 bits per heavy atom. The SMILES string of the molecule is Cc1nc(N2CCC(O)C2)ccc1CO. The lowest BCUT2D eigenvalue weighted by molar-refractivity contribution is 0.198. The first kappa shape index (κ1) is 10.4. The summed E-state index contributed by atoms with van der Waals surface area (Å²) >= 11 is 0. The zero-order valence-electron chi connectivity index (χ0n) is 8.85. The Labute approximate surface area is 89.2 Å². The Bertz CT molecular complexity index is 354. The second kappa shape index (κ2) is 4.16. The third-order valence-electron chi connectivity index (χ3n) is 2.84. The van der Waals surface area contributed by atoms with E-state index in [0.717, 1.165) is 30.0 Å². The first-order chi connectivity index (χ1) is 7.20. The fourth-order valence-corrected chi connectivity index (χ4v) is 1.87. The third-order valence-corrected chi connectivity index (χ3v) is 2.84. The van der Waals surface area contributed by atoms with Crippen LogP contribution in [0.25, 0.3) is 0 Å². The van der Waals surface area contributed by atoms with Gasteiger partial charge in [0.2, 0.25) is 0 Å². The van der Waals surface area contributed by atoms with Crippen molar-refractivity contribution in [3.8, 4) is 0 Å². The van der Waals surface area contributed by atoms with Crippen molar-refractivity contribution in [1.82, 2.24) is 4.98 Å². The van der Waals surface area contributed by atoms with Crippen molar-refractivity contribution in [2.75, 3.05) is 18.0 Å². The Morgan fingerprint density at radius 2 is 2.33 bits per heavy atom. The summed E-state index contributed by atoms with van der Waals surface area (Å²) in [6.45, 7) is 3.43. The molecule has 0 bridgehead atoms. The average Bonchev–Trinajstić information content (AvgIpc) is 2.65. The van der Waals surface area contributed by atoms with E-state index in [0.29, 0.717) is 6.54 Å². The smallest absolute Gasteiger partial charge is 0.128 e. The van der Waals surface area contributed by atoms with Crippen LogP contribution in [0, 0.1) is 6.92 Å². The second-order valence-corrected chi connectivity index (χ2v) is 3.96. The summed E-state index contributed by atoms with van der Waals surface area (Å²) in [6.07, 6.45) is 0.576. The normalized spacial score (nSPS) is 21.0. The van der Waals surface area contributed by atoms with E-state index in [1.165, 1.54) is 0 Å². The maximum Gasteiger partial charge on any atom is 0.128 e. The van der Waals surface area contributed by atoms with Crippen molar-refractivity contribution >= 4 is 5.82 Å². The van der Waals surface area contributed by atoms with E-state index in [1.807, 2.05) is 19.1 Å². The number of pyridine rings is 1. The number of aromatic nitrogens is 1. The fraction of sp³-hybridized carbons (Fsp3) is 0.545. The lowest BCUT2D eigenvalue weighted by atomic mass is 10.2. The third kappa shape index (κ3) is 2.11. The van der Waals surface area contributed by atoms with E-state index in [4.69, 9.17) is 5.11 Å². The largest absolute Gasteiger partial charge is 0.392 e. The van der Waals surface area contributed by atoms with Gasteiger partial charge in [-0.2, -0.15) is 0 Å². The van der Waals surface area contributed by atoms with Crippen LogP contribution in [0.5, 0.6) is 0 Å². The van der Waals surface area contributed by atoms with Gasteiger partial charge in [-0.15, -0.1) is 0 Å². The number of anilines is 1. The summed E-state index contributed by atoms with van der Waals surface area (Å²) in [7, 11) is 0. The minimum absolute atomic E-state index is 0.0295. The highest BCUT2D eigenvalue weighted by Gasteiger charge is 2.21. The molecule has 1 fully saturated rings. The molecule has 0 saturated carbocycles. The van der Waals surface area contributed by atoms with Crippen LogP contribution in [-0.2, 0) is 6.61 Å². The van der Waals surface area contributed by atoms with Crippen molar-refractivity contribution in [2.24, 2.45) is 0 Å². The van der Waals surface area contributed by atoms with Gasteiger partial charge in [-0.3, -0.25) is 0 Å². The molecule has 1 unspecified atom stereocenters. The van der Waals surface area contributed by atoms with Crippen LogP contribution in [0.4, 0.5) is 5.82 Å². The molecule has 0 aromatic carbocycles. The van der Waals surface area contributed by atoms with Crippen molar-refractivity contribution in [2.45, 2.75) is 26.1 Å². The molecule has 4 heteroatoms. The number of aliphatic hydroxyl groups is 2. The van der Waals surface area contributed by atoms with Crippen LogP contribution in [0.1, 0.15) is 17.7 Å². The monoisotopic (exact) mass is 208 g/mol. The number of rotatable bonds is 2. The van der Waals surface area contributed by atoms with E-state index in [9.17, 15) is 5.11 Å². The lowest BCUT2D eigenvalue weighted by Crippen LogP contribution is -2.22. The molecule has 0 aliphatic carbocycles. The molecule has 4 nitrogen and oxygen atoms in total. The molecule has 1 saturated heterocycles. The van der Waals surface area contributed by atoms with Gasteiger partial charge in [0.25, 0.3) is 0 Å². The summed E-state index contributed by atoms with van der Waals surface area (Å²) in [5, 5.41) is 18.4. The zero-order chi connectivity index (χ0) is 10.8. The molecule has 82 valence electrons. The van der Waals surface area contributed by atoms with Crippen molar-refractivity contribution < 1.29 is 10.2 Å². The van der Waals surface area contributed by atoms with Gasteiger partial charge in [0.1, 0.15) is 5.82 Å². The topological polar surface area (TPSA) is 56.6 Å². The van der Waals surface area contributed by atoms with E-state index < -0.39 is 0 Å². The van der Waals surface area contributed by atoms with E-state index in [1.54, 1.807) is 0 Å². The second-order valence-electron chi connectivity index (χ2n) is 3.96. The fourth-order valence-electron chi connectivity index (χ4n) is 1.87. The molecule has 1 aliphatic heterocycles. The van der Waals surface area contributed by atoms with Gasteiger partial charge in [0, 0.05) is 18.8 Å². The summed E-state index contributed by atoms with van der Waals surface area (Å²) in [5.74, 6) is 0.890. The highest BCUT2D eigenvalue weighted by atomic mass is 16.3. The molecular formula is C11H16N2O2. The van der Waals surface area contributed by atoms with Gasteiger partial charge in [-0.1, -0.05) is 6.07 Å². The first-order valence-corrected chi connectivity index (χ1v) is 5.21. The molecule has 1 aliphatic rings. The zero-order valence-corrected chi connectivity index (χ0v) is 8.85. The van der Waals surface area contributed by atoms with Crippen LogP contribution < -0.4 is 4.90 Å². The van der Waals surface area contributed by atoms with Crippen molar-refractivity contribution in [3.05, 3.63) is 23.4 Å². The number of hydrogen-bond acceptors (Lipinski definition) is 4. The van der Waals surface area contributed by atoms with Gasteiger partial charge < -0.3 is 15.1 Å². The molecular weight excluding hydrogens is 192 g/mol. The predicted octanol–water partition coefficient (Wildman–Crippen LogP) is 0.453. The van der Waals surface area contributed by atoms with E-state index in [2.05, 4.69) is 9.88 Å². The maximum absolute atomic E-state index is 9.42. The van der Waals surface area contributed by atoms with Crippen LogP contribution in [-0.4, -0.2) is 34.4 Å². The first-order valence-electron chi connectivity index (χ1n) is 5.21. The minimum atomic E-state index is -0.232. The van der Waals surface area contributed by atoms with Crippen LogP contribution >= 0.6 is 0 Å². The van der Waals surface area contributed by atoms with Gasteiger partial charge in [0.15, 0.2) is 0 Å². The summed E-state index contributed by atoms with van der Waals surface area (Å²) < 4.78 is 0. The van der Waals surface area contributed by atoms with Gasteiger partial charge in [-0.05, 0) is 25.0 Å². The highest BCUT2D eigenvalue weighted by Crippen LogP contribution is 2.19. The Hall–Kier alpha value is -1.13. The molecule has 1 atom stereocenters. The number of aliphatic hydroxyl groups excluding tert-OH is 2. The summed E-state index contributed by atoms with van der Waals surface area (Å²) in [5.41, 5.74) is 1.72. The van der Waals surface area contributed by atoms with Gasteiger partial charge in [0.05, 0.1) is 12.7 Å². The van der Waals surface area contributed by atoms with E-state index >= 15 is 0 Å². The van der Waals surface area contributed by atoms with Crippen molar-refractivity contribution in [1.29, 1.82) is 0 Å². The minimum Gasteiger partial charge on any atom is -0.392 e. The number of aryl methyl sites for hydroxylation is 1. The molecule has 2 N–H and O–H groups in total. The van der Waals surface area contributed by atoms with Crippen molar-refractivity contribution in [3.63, 3.8) is 0 Å². The molecule has 1 aromatic rings. The summed E-state index contributed by atoms with van der Waals surface area (Å²) in [6, 6.07) is 3.79. The Kier molecular flexibility index (Phi) is 2.88. The standard InChI is InChI=1S/C11H16N2O2/c1-8-9(7-14)2-3-11(12-8)13-5-4-10(15)6-13/h2-3,10,14-15H,4-7H2,1H3. The molecule has 1 aromatic heterocycles. The number of β-amino-alcohol motifs (C(OH)–C–C–N with tert-alkyl or cyclic N) is 1. The number of nitrogens with zero attached hydrogens (tertiary/aromatic N) is 2. The predicted molar refractivity (Wildman–Crippen MR) is 57.7 cm³/mol. The average molecular weight is 208 g/mol. The number of hydrogen-bond donors (Lipinski definition) is 2. The van der Waals surface area contributed by atoms with Gasteiger partial charge in [-0.25, -0.2) is 4.98 Å². The molecule has 15 heavy (non-hydrogen) atoms. The Balaban J connectivity index is 2.19. The molecule has 0 radical (unpaired) electrons. The van der Waals surface area contributed by atoms with E-state index in [-0.39, 0.29) is 12.7 Å². The quantitative estimate of drug-likeness (QED) is 0.741. The molecule has 2 rings (SSSR count). The van der Waals surface area contributed by atoms with Crippen LogP contribution in [0.3, 0.4) is 0 Å². The summed E-state index contributed by atoms with van der Waals surface area (Å²) in [4.78, 5) is 6.48. The van der Waals surface area contributed by atoms with Crippen LogP contribution in [0.2, 0.25) is 0 Å². The molecule has 0 spiro atoms. The lowest BCUT2D eigenvalue weighted by Gasteiger charge is -2.17. The maximum atomic E-state index is 9.42. The highest BCUT2D eigenvalue weighted by molar-refractivity contribution is 5.42. The molecule has 2 heterocycles. The Morgan fingerprint density at radius 3 is 2.87 bits per heavy atom. The molecule has 0 amide bonds.